The van der Waals surface area contributed by atoms with Gasteiger partial charge in [-0.3, -0.25) is 9.48 Å². The van der Waals surface area contributed by atoms with E-state index in [2.05, 4.69) is 15.6 Å². The van der Waals surface area contributed by atoms with Gasteiger partial charge in [-0.1, -0.05) is 5.21 Å². The number of rotatable bonds is 4. The summed E-state index contributed by atoms with van der Waals surface area (Å²) in [7, 11) is 0. The van der Waals surface area contributed by atoms with Gasteiger partial charge in [0.15, 0.2) is 0 Å². The molecule has 0 spiro atoms. The zero-order valence-electron chi connectivity index (χ0n) is 10.00. The maximum atomic E-state index is 11.9. The average Bonchev–Trinajstić information content (AvgIpc) is 2.81. The molecule has 2 aromatic rings. The number of aromatic hydroxyl groups is 1. The van der Waals surface area contributed by atoms with Gasteiger partial charge in [-0.25, -0.2) is 0 Å². The number of nitrogens with zero attached hydrogens (tertiary/aromatic N) is 3. The zero-order valence-corrected chi connectivity index (χ0v) is 10.00. The van der Waals surface area contributed by atoms with Gasteiger partial charge in [0.1, 0.15) is 5.75 Å². The van der Waals surface area contributed by atoms with Crippen molar-refractivity contribution in [3.8, 4) is 5.75 Å². The summed E-state index contributed by atoms with van der Waals surface area (Å²) in [5, 5.41) is 19.5. The SMILES string of the molecule is Cc1cc(O)ccc1C(=O)NCCn1ccnn1. The predicted molar refractivity (Wildman–Crippen MR) is 65.2 cm³/mol. The van der Waals surface area contributed by atoms with Crippen LogP contribution in [0, 0.1) is 6.92 Å². The number of carbonyl (C=O) groups excluding carboxylic acids is 1. The number of benzene rings is 1. The number of nitrogens with one attached hydrogen (secondary N) is 1. The van der Waals surface area contributed by atoms with Crippen LogP contribution in [0.25, 0.3) is 0 Å². The highest BCUT2D eigenvalue weighted by Gasteiger charge is 2.08. The highest BCUT2D eigenvalue weighted by molar-refractivity contribution is 5.95. The van der Waals surface area contributed by atoms with E-state index < -0.39 is 0 Å². The number of phenolic OH excluding ortho intramolecular Hbond substituents is 1. The predicted octanol–water partition coefficient (Wildman–Crippen LogP) is 0.722. The third kappa shape index (κ3) is 2.85. The molecule has 2 N–H and O–H groups in total. The molecular weight excluding hydrogens is 232 g/mol. The molecule has 0 fully saturated rings. The number of hydrogen-bond acceptors (Lipinski definition) is 4. The molecule has 0 aliphatic rings. The summed E-state index contributed by atoms with van der Waals surface area (Å²) in [5.74, 6) is -0.000666. The lowest BCUT2D eigenvalue weighted by Crippen LogP contribution is -2.27. The second-order valence-corrected chi connectivity index (χ2v) is 3.92. The zero-order chi connectivity index (χ0) is 13.0. The van der Waals surface area contributed by atoms with Gasteiger partial charge < -0.3 is 10.4 Å². The molecule has 1 heterocycles. The van der Waals surface area contributed by atoms with Gasteiger partial charge in [-0.2, -0.15) is 0 Å². The number of hydrogen-bond donors (Lipinski definition) is 2. The highest BCUT2D eigenvalue weighted by atomic mass is 16.3. The van der Waals surface area contributed by atoms with Crippen molar-refractivity contribution < 1.29 is 9.90 Å². The molecule has 6 nitrogen and oxygen atoms in total. The van der Waals surface area contributed by atoms with Crippen molar-refractivity contribution in [3.05, 3.63) is 41.7 Å². The molecule has 0 aliphatic carbocycles. The molecule has 0 radical (unpaired) electrons. The van der Waals surface area contributed by atoms with E-state index in [1.807, 2.05) is 0 Å². The van der Waals surface area contributed by atoms with Crippen LogP contribution in [-0.2, 0) is 6.54 Å². The minimum Gasteiger partial charge on any atom is -0.508 e. The van der Waals surface area contributed by atoms with E-state index in [1.54, 1.807) is 36.1 Å². The Balaban J connectivity index is 1.91. The van der Waals surface area contributed by atoms with Gasteiger partial charge in [0, 0.05) is 18.3 Å². The van der Waals surface area contributed by atoms with Crippen molar-refractivity contribution in [1.82, 2.24) is 20.3 Å². The molecule has 2 rings (SSSR count). The fourth-order valence-corrected chi connectivity index (χ4v) is 1.63. The van der Waals surface area contributed by atoms with Gasteiger partial charge in [-0.15, -0.1) is 5.10 Å². The van der Waals surface area contributed by atoms with E-state index in [9.17, 15) is 9.90 Å². The first-order valence-electron chi connectivity index (χ1n) is 5.59. The molecule has 0 unspecified atom stereocenters. The minimum absolute atomic E-state index is 0.159. The van der Waals surface area contributed by atoms with Crippen molar-refractivity contribution in [2.24, 2.45) is 0 Å². The fourth-order valence-electron chi connectivity index (χ4n) is 1.63. The first-order valence-corrected chi connectivity index (χ1v) is 5.59. The Morgan fingerprint density at radius 3 is 3.00 bits per heavy atom. The fraction of sp³-hybridized carbons (Fsp3) is 0.250. The normalized spacial score (nSPS) is 10.3. The van der Waals surface area contributed by atoms with E-state index in [-0.39, 0.29) is 11.7 Å². The Hall–Kier alpha value is -2.37. The van der Waals surface area contributed by atoms with Crippen LogP contribution in [0.15, 0.2) is 30.6 Å². The van der Waals surface area contributed by atoms with Crippen molar-refractivity contribution in [1.29, 1.82) is 0 Å². The lowest BCUT2D eigenvalue weighted by atomic mass is 10.1. The van der Waals surface area contributed by atoms with Gasteiger partial charge >= 0.3 is 0 Å². The van der Waals surface area contributed by atoms with Crippen molar-refractivity contribution in [2.45, 2.75) is 13.5 Å². The average molecular weight is 246 g/mol. The quantitative estimate of drug-likeness (QED) is 0.833. The molecular formula is C12H14N4O2. The van der Waals surface area contributed by atoms with Crippen LogP contribution in [0.1, 0.15) is 15.9 Å². The summed E-state index contributed by atoms with van der Waals surface area (Å²) < 4.78 is 1.64. The van der Waals surface area contributed by atoms with Crippen molar-refractivity contribution in [3.63, 3.8) is 0 Å². The van der Waals surface area contributed by atoms with Crippen molar-refractivity contribution in [2.75, 3.05) is 6.54 Å². The van der Waals surface area contributed by atoms with Gasteiger partial charge in [-0.05, 0) is 30.7 Å². The second kappa shape index (κ2) is 5.31. The van der Waals surface area contributed by atoms with E-state index in [0.717, 1.165) is 5.56 Å². The summed E-state index contributed by atoms with van der Waals surface area (Å²) in [6, 6.07) is 4.67. The number of carbonyl (C=O) groups is 1. The Bertz CT molecular complexity index is 537. The van der Waals surface area contributed by atoms with Crippen LogP contribution in [0.5, 0.6) is 5.75 Å². The Kier molecular flexibility index (Phi) is 3.57. The van der Waals surface area contributed by atoms with E-state index in [1.165, 1.54) is 6.07 Å². The number of aryl methyl sites for hydroxylation is 1. The Morgan fingerprint density at radius 1 is 1.50 bits per heavy atom. The number of amides is 1. The summed E-state index contributed by atoms with van der Waals surface area (Å²) in [5.41, 5.74) is 1.31. The molecule has 94 valence electrons. The molecule has 0 bridgehead atoms. The largest absolute Gasteiger partial charge is 0.508 e. The lowest BCUT2D eigenvalue weighted by molar-refractivity contribution is 0.0951. The van der Waals surface area contributed by atoms with E-state index >= 15 is 0 Å². The third-order valence-electron chi connectivity index (χ3n) is 2.55. The monoisotopic (exact) mass is 246 g/mol. The van der Waals surface area contributed by atoms with Crippen LogP contribution in [-0.4, -0.2) is 32.6 Å². The maximum absolute atomic E-state index is 11.9. The molecule has 18 heavy (non-hydrogen) atoms. The second-order valence-electron chi connectivity index (χ2n) is 3.92. The van der Waals surface area contributed by atoms with Crippen LogP contribution in [0.2, 0.25) is 0 Å². The first-order chi connectivity index (χ1) is 8.66. The lowest BCUT2D eigenvalue weighted by Gasteiger charge is -2.07. The van der Waals surface area contributed by atoms with Crippen LogP contribution < -0.4 is 5.32 Å². The molecule has 1 aromatic carbocycles. The molecule has 0 atom stereocenters. The smallest absolute Gasteiger partial charge is 0.251 e. The van der Waals surface area contributed by atoms with Gasteiger partial charge in [0.25, 0.3) is 5.91 Å². The molecule has 6 heteroatoms. The van der Waals surface area contributed by atoms with E-state index in [4.69, 9.17) is 0 Å². The summed E-state index contributed by atoms with van der Waals surface area (Å²) in [4.78, 5) is 11.9. The minimum atomic E-state index is -0.160. The molecule has 1 aromatic heterocycles. The van der Waals surface area contributed by atoms with Crippen molar-refractivity contribution >= 4 is 5.91 Å². The molecule has 0 saturated heterocycles. The van der Waals surface area contributed by atoms with E-state index in [0.29, 0.717) is 18.7 Å². The number of phenols is 1. The Labute approximate surface area is 104 Å². The van der Waals surface area contributed by atoms with Crippen LogP contribution in [0.4, 0.5) is 0 Å². The summed E-state index contributed by atoms with van der Waals surface area (Å²) >= 11 is 0. The van der Waals surface area contributed by atoms with Crippen LogP contribution in [0.3, 0.4) is 0 Å². The van der Waals surface area contributed by atoms with Crippen LogP contribution >= 0.6 is 0 Å². The molecule has 0 aliphatic heterocycles. The first kappa shape index (κ1) is 12.1. The van der Waals surface area contributed by atoms with Gasteiger partial charge in [0.05, 0.1) is 12.7 Å². The number of aromatic nitrogens is 3. The topological polar surface area (TPSA) is 80.0 Å². The summed E-state index contributed by atoms with van der Waals surface area (Å²) in [6.45, 7) is 2.83. The molecule has 1 amide bonds. The standard InChI is InChI=1S/C12H14N4O2/c1-9-8-10(17)2-3-11(9)12(18)13-4-6-16-7-5-14-15-16/h2-3,5,7-8,17H,4,6H2,1H3,(H,13,18). The molecule has 0 saturated carbocycles. The highest BCUT2D eigenvalue weighted by Crippen LogP contribution is 2.15. The third-order valence-corrected chi connectivity index (χ3v) is 2.55. The summed E-state index contributed by atoms with van der Waals surface area (Å²) in [6.07, 6.45) is 3.32. The Morgan fingerprint density at radius 2 is 2.33 bits per heavy atom. The maximum Gasteiger partial charge on any atom is 0.251 e. The van der Waals surface area contributed by atoms with Gasteiger partial charge in [0.2, 0.25) is 0 Å².